The molecule has 1 aliphatic heterocycles. The summed E-state index contributed by atoms with van der Waals surface area (Å²) in [6, 6.07) is 12.8. The number of hydrogen-bond donors (Lipinski definition) is 1. The quantitative estimate of drug-likeness (QED) is 0.619. The number of thioether (sulfide) groups is 1. The molecule has 0 saturated carbocycles. The molecule has 172 valence electrons. The predicted octanol–water partition coefficient (Wildman–Crippen LogP) is 3.24. The average molecular weight is 470 g/mol. The number of amides is 2. The first-order valence-corrected chi connectivity index (χ1v) is 11.0. The number of carbonyl (C=O) groups excluding carboxylic acids is 4. The lowest BCUT2D eigenvalue weighted by atomic mass is 10.2. The van der Waals surface area contributed by atoms with Crippen LogP contribution in [-0.2, 0) is 19.1 Å². The minimum Gasteiger partial charge on any atom is -0.465 e. The number of anilines is 1. The zero-order valence-electron chi connectivity index (χ0n) is 18.4. The van der Waals surface area contributed by atoms with Gasteiger partial charge in [0.15, 0.2) is 5.17 Å². The fourth-order valence-electron chi connectivity index (χ4n) is 2.98. The smallest absolute Gasteiger partial charge is 0.338 e. The lowest BCUT2D eigenvalue weighted by molar-refractivity contribution is -0.127. The first-order chi connectivity index (χ1) is 15.8. The molecule has 2 amide bonds. The molecule has 1 fully saturated rings. The average Bonchev–Trinajstić information content (AvgIpc) is 3.07. The topological polar surface area (TPSA) is 114 Å². The van der Waals surface area contributed by atoms with E-state index >= 15 is 0 Å². The molecule has 1 aliphatic rings. The molecule has 0 bridgehead atoms. The molecule has 10 heteroatoms. The van der Waals surface area contributed by atoms with E-state index in [9.17, 15) is 19.2 Å². The monoisotopic (exact) mass is 469 g/mol. The number of rotatable bonds is 7. The Morgan fingerprint density at radius 2 is 1.64 bits per heavy atom. The van der Waals surface area contributed by atoms with E-state index < -0.39 is 17.2 Å². The van der Waals surface area contributed by atoms with Crippen LogP contribution in [0.1, 0.15) is 34.1 Å². The standard InChI is InChI=1S/C23H23N3O6S/c1-4-32-22(30)15-7-9-16(10-8-15)24-19(27)13-18-20(28)26(2)23(33-18)25-17-11-5-14(6-12-17)21(29)31-3/h5-12,18H,4,13H2,1-3H3,(H,24,27)/t18-/m0/s1. The van der Waals surface area contributed by atoms with Crippen molar-refractivity contribution < 1.29 is 28.7 Å². The normalized spacial score (nSPS) is 16.6. The van der Waals surface area contributed by atoms with E-state index in [1.165, 1.54) is 23.8 Å². The van der Waals surface area contributed by atoms with Crippen LogP contribution < -0.4 is 5.32 Å². The van der Waals surface area contributed by atoms with Crippen LogP contribution in [-0.4, -0.2) is 59.8 Å². The first-order valence-electron chi connectivity index (χ1n) is 10.1. The van der Waals surface area contributed by atoms with Gasteiger partial charge in [0.2, 0.25) is 11.8 Å². The van der Waals surface area contributed by atoms with Gasteiger partial charge >= 0.3 is 11.9 Å². The molecule has 1 heterocycles. The van der Waals surface area contributed by atoms with Crippen molar-refractivity contribution in [2.75, 3.05) is 26.1 Å². The van der Waals surface area contributed by atoms with Crippen LogP contribution in [0.5, 0.6) is 0 Å². The summed E-state index contributed by atoms with van der Waals surface area (Å²) in [6.07, 6.45) is -0.0340. The van der Waals surface area contributed by atoms with Gasteiger partial charge in [-0.05, 0) is 55.5 Å². The SMILES string of the molecule is CCOC(=O)c1ccc(NC(=O)C[C@@H]2SC(=Nc3ccc(C(=O)OC)cc3)N(C)C2=O)cc1. The van der Waals surface area contributed by atoms with Gasteiger partial charge in [-0.25, -0.2) is 14.6 Å². The van der Waals surface area contributed by atoms with Crippen LogP contribution in [0.15, 0.2) is 53.5 Å². The zero-order valence-corrected chi connectivity index (χ0v) is 19.2. The van der Waals surface area contributed by atoms with Crippen LogP contribution in [0.2, 0.25) is 0 Å². The number of hydrogen-bond acceptors (Lipinski definition) is 8. The highest BCUT2D eigenvalue weighted by molar-refractivity contribution is 8.15. The third kappa shape index (κ3) is 5.98. The highest BCUT2D eigenvalue weighted by Crippen LogP contribution is 2.31. The highest BCUT2D eigenvalue weighted by Gasteiger charge is 2.37. The fourth-order valence-corrected chi connectivity index (χ4v) is 4.14. The van der Waals surface area contributed by atoms with Gasteiger partial charge in [0.25, 0.3) is 0 Å². The molecule has 0 aliphatic carbocycles. The summed E-state index contributed by atoms with van der Waals surface area (Å²) < 4.78 is 9.60. The number of esters is 2. The van der Waals surface area contributed by atoms with Gasteiger partial charge in [0.05, 0.1) is 30.5 Å². The van der Waals surface area contributed by atoms with Gasteiger partial charge in [-0.1, -0.05) is 11.8 Å². The summed E-state index contributed by atoms with van der Waals surface area (Å²) in [4.78, 5) is 54.2. The van der Waals surface area contributed by atoms with E-state index in [1.807, 2.05) is 0 Å². The third-order valence-electron chi connectivity index (χ3n) is 4.70. The summed E-state index contributed by atoms with van der Waals surface area (Å²) >= 11 is 1.20. The van der Waals surface area contributed by atoms with Crippen molar-refractivity contribution in [3.8, 4) is 0 Å². The summed E-state index contributed by atoms with van der Waals surface area (Å²) in [5.41, 5.74) is 1.86. The molecule has 33 heavy (non-hydrogen) atoms. The Kier molecular flexibility index (Phi) is 7.83. The molecule has 0 spiro atoms. The van der Waals surface area contributed by atoms with Crippen LogP contribution in [0.3, 0.4) is 0 Å². The molecule has 2 aromatic carbocycles. The van der Waals surface area contributed by atoms with Gasteiger partial charge in [0, 0.05) is 19.2 Å². The van der Waals surface area contributed by atoms with E-state index in [2.05, 4.69) is 15.0 Å². The van der Waals surface area contributed by atoms with Gasteiger partial charge in [0.1, 0.15) is 5.25 Å². The lowest BCUT2D eigenvalue weighted by Gasteiger charge is -2.10. The maximum absolute atomic E-state index is 12.6. The highest BCUT2D eigenvalue weighted by atomic mass is 32.2. The van der Waals surface area contributed by atoms with Crippen molar-refractivity contribution >= 4 is 52.1 Å². The minimum atomic E-state index is -0.609. The summed E-state index contributed by atoms with van der Waals surface area (Å²) in [5.74, 6) is -1.43. The van der Waals surface area contributed by atoms with E-state index in [4.69, 9.17) is 4.74 Å². The summed E-state index contributed by atoms with van der Waals surface area (Å²) in [5, 5.41) is 2.58. The number of benzene rings is 2. The zero-order chi connectivity index (χ0) is 24.0. The van der Waals surface area contributed by atoms with Crippen LogP contribution >= 0.6 is 11.8 Å². The minimum absolute atomic E-state index is 0.0340. The first kappa shape index (κ1) is 24.0. The molecule has 1 N–H and O–H groups in total. The van der Waals surface area contributed by atoms with Crippen molar-refractivity contribution in [1.29, 1.82) is 0 Å². The second-order valence-corrected chi connectivity index (χ2v) is 8.16. The molecule has 0 radical (unpaired) electrons. The van der Waals surface area contributed by atoms with Crippen molar-refractivity contribution in [2.45, 2.75) is 18.6 Å². The summed E-state index contributed by atoms with van der Waals surface area (Å²) in [6.45, 7) is 2.01. The number of aliphatic imine (C=N–C) groups is 1. The lowest BCUT2D eigenvalue weighted by Crippen LogP contribution is -2.30. The molecule has 3 rings (SSSR count). The van der Waals surface area contributed by atoms with E-state index in [0.29, 0.717) is 27.7 Å². The Balaban J connectivity index is 1.61. The van der Waals surface area contributed by atoms with Gasteiger partial charge in [-0.3, -0.25) is 14.5 Å². The van der Waals surface area contributed by atoms with Crippen molar-refractivity contribution in [2.24, 2.45) is 4.99 Å². The van der Waals surface area contributed by atoms with Gasteiger partial charge in [-0.2, -0.15) is 0 Å². The molecule has 2 aromatic rings. The Morgan fingerprint density at radius 1 is 1.03 bits per heavy atom. The number of methoxy groups -OCH3 is 1. The van der Waals surface area contributed by atoms with Crippen LogP contribution in [0.25, 0.3) is 0 Å². The number of nitrogens with zero attached hydrogens (tertiary/aromatic N) is 2. The van der Waals surface area contributed by atoms with Gasteiger partial charge in [-0.15, -0.1) is 0 Å². The molecule has 9 nitrogen and oxygen atoms in total. The van der Waals surface area contributed by atoms with E-state index in [1.54, 1.807) is 62.5 Å². The number of nitrogens with one attached hydrogen (secondary N) is 1. The second kappa shape index (κ2) is 10.8. The Morgan fingerprint density at radius 3 is 2.24 bits per heavy atom. The van der Waals surface area contributed by atoms with Crippen LogP contribution in [0, 0.1) is 0 Å². The maximum Gasteiger partial charge on any atom is 0.338 e. The van der Waals surface area contributed by atoms with Gasteiger partial charge < -0.3 is 14.8 Å². The van der Waals surface area contributed by atoms with Crippen LogP contribution in [0.4, 0.5) is 11.4 Å². The summed E-state index contributed by atoms with van der Waals surface area (Å²) in [7, 11) is 2.91. The Bertz CT molecular complexity index is 1080. The molecule has 1 atom stereocenters. The molecular formula is C23H23N3O6S. The Labute approximate surface area is 195 Å². The molecule has 0 aromatic heterocycles. The molecule has 1 saturated heterocycles. The number of amidine groups is 1. The third-order valence-corrected chi connectivity index (χ3v) is 5.93. The van der Waals surface area contributed by atoms with E-state index in [-0.39, 0.29) is 24.8 Å². The fraction of sp³-hybridized carbons (Fsp3) is 0.261. The Hall–Kier alpha value is -3.66. The molecule has 0 unspecified atom stereocenters. The second-order valence-electron chi connectivity index (χ2n) is 6.99. The van der Waals surface area contributed by atoms with E-state index in [0.717, 1.165) is 0 Å². The predicted molar refractivity (Wildman–Crippen MR) is 125 cm³/mol. The largest absolute Gasteiger partial charge is 0.465 e. The van der Waals surface area contributed by atoms with Crippen molar-refractivity contribution in [3.63, 3.8) is 0 Å². The van der Waals surface area contributed by atoms with Crippen molar-refractivity contribution in [1.82, 2.24) is 4.90 Å². The maximum atomic E-state index is 12.6. The van der Waals surface area contributed by atoms with Crippen molar-refractivity contribution in [3.05, 3.63) is 59.7 Å². The molecular weight excluding hydrogens is 446 g/mol. The number of ether oxygens (including phenoxy) is 2. The number of carbonyl (C=O) groups is 4.